The summed E-state index contributed by atoms with van der Waals surface area (Å²) in [5.41, 5.74) is 5.69. The van der Waals surface area contributed by atoms with Gasteiger partial charge in [0.05, 0.1) is 5.75 Å². The molecule has 0 spiro atoms. The first-order valence-electron chi connectivity index (χ1n) is 10.1. The fourth-order valence-electron chi connectivity index (χ4n) is 3.95. The second-order valence-electron chi connectivity index (χ2n) is 7.51. The maximum Gasteiger partial charge on any atom is 0.238 e. The average molecular weight is 395 g/mol. The van der Waals surface area contributed by atoms with Crippen LogP contribution < -0.4 is 10.2 Å². The Morgan fingerprint density at radius 2 is 1.93 bits per heavy atom. The van der Waals surface area contributed by atoms with Gasteiger partial charge in [-0.2, -0.15) is 0 Å². The highest BCUT2D eigenvalue weighted by molar-refractivity contribution is 8.00. The Balaban J connectivity index is 1.51. The average Bonchev–Trinajstić information content (AvgIpc) is 3.32. The third-order valence-corrected chi connectivity index (χ3v) is 6.68. The molecular formula is C23H26N2O2S. The van der Waals surface area contributed by atoms with Crippen molar-refractivity contribution in [1.29, 1.82) is 0 Å². The fourth-order valence-corrected chi connectivity index (χ4v) is 5.13. The van der Waals surface area contributed by atoms with Gasteiger partial charge in [0.2, 0.25) is 11.8 Å². The monoisotopic (exact) mass is 394 g/mol. The molecule has 0 aromatic heterocycles. The van der Waals surface area contributed by atoms with E-state index < -0.39 is 0 Å². The Kier molecular flexibility index (Phi) is 5.72. The molecule has 1 unspecified atom stereocenters. The maximum atomic E-state index is 12.6. The summed E-state index contributed by atoms with van der Waals surface area (Å²) < 4.78 is 0. The van der Waals surface area contributed by atoms with Crippen LogP contribution in [0, 0.1) is 0 Å². The Hall–Kier alpha value is -2.27. The molecule has 1 fully saturated rings. The SMILES string of the molecule is CCCCC(=O)Nc1ccc(C2SCC(=O)N2c2ccc3c(c2)CCC3)cc1. The van der Waals surface area contributed by atoms with Crippen LogP contribution in [0.1, 0.15) is 54.7 Å². The van der Waals surface area contributed by atoms with Crippen molar-refractivity contribution in [1.82, 2.24) is 0 Å². The summed E-state index contributed by atoms with van der Waals surface area (Å²) in [6, 6.07) is 14.4. The largest absolute Gasteiger partial charge is 0.326 e. The van der Waals surface area contributed by atoms with Gasteiger partial charge in [-0.3, -0.25) is 14.5 Å². The number of nitrogens with zero attached hydrogens (tertiary/aromatic N) is 1. The van der Waals surface area contributed by atoms with Crippen LogP contribution >= 0.6 is 11.8 Å². The third-order valence-electron chi connectivity index (χ3n) is 5.47. The lowest BCUT2D eigenvalue weighted by Gasteiger charge is -2.25. The first kappa shape index (κ1) is 19.1. The Morgan fingerprint density at radius 1 is 1.14 bits per heavy atom. The highest BCUT2D eigenvalue weighted by atomic mass is 32.2. The summed E-state index contributed by atoms with van der Waals surface area (Å²) in [4.78, 5) is 26.5. The van der Waals surface area contributed by atoms with Crippen molar-refractivity contribution in [3.63, 3.8) is 0 Å². The lowest BCUT2D eigenvalue weighted by atomic mass is 10.1. The molecule has 1 atom stereocenters. The van der Waals surface area contributed by atoms with Crippen molar-refractivity contribution in [3.05, 3.63) is 59.2 Å². The zero-order chi connectivity index (χ0) is 19.5. The van der Waals surface area contributed by atoms with Crippen molar-refractivity contribution < 1.29 is 9.59 Å². The lowest BCUT2D eigenvalue weighted by molar-refractivity contribution is -0.116. The number of hydrogen-bond donors (Lipinski definition) is 1. The minimum absolute atomic E-state index is 0.0169. The van der Waals surface area contributed by atoms with E-state index in [1.807, 2.05) is 29.2 Å². The Bertz CT molecular complexity index is 879. The van der Waals surface area contributed by atoms with Crippen molar-refractivity contribution in [2.24, 2.45) is 0 Å². The minimum Gasteiger partial charge on any atom is -0.326 e. The molecule has 1 saturated heterocycles. The van der Waals surface area contributed by atoms with Gasteiger partial charge < -0.3 is 5.32 Å². The number of thioether (sulfide) groups is 1. The number of carbonyl (C=O) groups is 2. The minimum atomic E-state index is -0.0169. The third kappa shape index (κ3) is 3.95. The molecule has 0 radical (unpaired) electrons. The van der Waals surface area contributed by atoms with Crippen molar-refractivity contribution in [2.45, 2.75) is 50.8 Å². The van der Waals surface area contributed by atoms with E-state index >= 15 is 0 Å². The Labute approximate surface area is 170 Å². The van der Waals surface area contributed by atoms with Gasteiger partial charge in [-0.1, -0.05) is 31.5 Å². The molecule has 1 aliphatic heterocycles. The molecule has 2 aromatic rings. The maximum absolute atomic E-state index is 12.6. The standard InChI is InChI=1S/C23H26N2O2S/c1-2-3-7-21(26)24-19-11-8-17(9-12-19)23-25(22(27)15-28-23)20-13-10-16-5-4-6-18(16)14-20/h8-14,23H,2-7,15H2,1H3,(H,24,26). The van der Waals surface area contributed by atoms with E-state index in [1.54, 1.807) is 11.8 Å². The second kappa shape index (κ2) is 8.39. The summed E-state index contributed by atoms with van der Waals surface area (Å²) in [6.45, 7) is 2.08. The lowest BCUT2D eigenvalue weighted by Crippen LogP contribution is -2.27. The summed E-state index contributed by atoms with van der Waals surface area (Å²) in [5, 5.41) is 2.93. The molecular weight excluding hydrogens is 368 g/mol. The van der Waals surface area contributed by atoms with E-state index in [2.05, 4.69) is 30.4 Å². The second-order valence-corrected chi connectivity index (χ2v) is 8.58. The van der Waals surface area contributed by atoms with Crippen LogP contribution in [0.3, 0.4) is 0 Å². The van der Waals surface area contributed by atoms with Gasteiger partial charge in [-0.15, -0.1) is 11.8 Å². The fraction of sp³-hybridized carbons (Fsp3) is 0.391. The number of amides is 2. The van der Waals surface area contributed by atoms with Crippen LogP contribution in [0.15, 0.2) is 42.5 Å². The van der Waals surface area contributed by atoms with Gasteiger partial charge in [0, 0.05) is 17.8 Å². The zero-order valence-electron chi connectivity index (χ0n) is 16.2. The first-order chi connectivity index (χ1) is 13.7. The number of benzene rings is 2. The van der Waals surface area contributed by atoms with Crippen molar-refractivity contribution in [3.8, 4) is 0 Å². The number of nitrogens with one attached hydrogen (secondary N) is 1. The van der Waals surface area contributed by atoms with E-state index in [0.29, 0.717) is 12.2 Å². The topological polar surface area (TPSA) is 49.4 Å². The summed E-state index contributed by atoms with van der Waals surface area (Å²) in [6.07, 6.45) is 5.93. The molecule has 0 bridgehead atoms. The van der Waals surface area contributed by atoms with Gasteiger partial charge in [-0.25, -0.2) is 0 Å². The Morgan fingerprint density at radius 3 is 2.71 bits per heavy atom. The predicted octanol–water partition coefficient (Wildman–Crippen LogP) is 5.08. The quantitative estimate of drug-likeness (QED) is 0.743. The van der Waals surface area contributed by atoms with Crippen LogP contribution in [0.5, 0.6) is 0 Å². The van der Waals surface area contributed by atoms with Gasteiger partial charge in [0.15, 0.2) is 0 Å². The van der Waals surface area contributed by atoms with Crippen molar-refractivity contribution >= 4 is 35.0 Å². The molecule has 1 N–H and O–H groups in total. The number of hydrogen-bond acceptors (Lipinski definition) is 3. The van der Waals surface area contributed by atoms with Crippen molar-refractivity contribution in [2.75, 3.05) is 16.0 Å². The van der Waals surface area contributed by atoms with Gasteiger partial charge in [0.1, 0.15) is 5.37 Å². The molecule has 0 saturated carbocycles. The number of rotatable bonds is 6. The van der Waals surface area contributed by atoms with E-state index in [0.717, 1.165) is 42.6 Å². The molecule has 4 rings (SSSR count). The van der Waals surface area contributed by atoms with Crippen LogP contribution in [-0.4, -0.2) is 17.6 Å². The predicted molar refractivity (Wildman–Crippen MR) is 116 cm³/mol. The summed E-state index contributed by atoms with van der Waals surface area (Å²) in [5.74, 6) is 0.710. The van der Waals surface area contributed by atoms with Crippen LogP contribution in [0.4, 0.5) is 11.4 Å². The highest BCUT2D eigenvalue weighted by Gasteiger charge is 2.34. The van der Waals surface area contributed by atoms with E-state index in [1.165, 1.54) is 17.5 Å². The molecule has 2 aromatic carbocycles. The number of fused-ring (bicyclic) bond motifs is 1. The van der Waals surface area contributed by atoms with Gasteiger partial charge in [-0.05, 0) is 66.6 Å². The van der Waals surface area contributed by atoms with E-state index in [4.69, 9.17) is 0 Å². The molecule has 1 aliphatic carbocycles. The first-order valence-corrected chi connectivity index (χ1v) is 11.2. The number of anilines is 2. The summed E-state index contributed by atoms with van der Waals surface area (Å²) >= 11 is 1.66. The highest BCUT2D eigenvalue weighted by Crippen LogP contribution is 2.42. The van der Waals surface area contributed by atoms with Crippen LogP contribution in [0.25, 0.3) is 0 Å². The van der Waals surface area contributed by atoms with Crippen LogP contribution in [-0.2, 0) is 22.4 Å². The zero-order valence-corrected chi connectivity index (χ0v) is 17.1. The summed E-state index contributed by atoms with van der Waals surface area (Å²) in [7, 11) is 0. The normalized spacial score (nSPS) is 18.4. The molecule has 4 nitrogen and oxygen atoms in total. The molecule has 1 heterocycles. The molecule has 28 heavy (non-hydrogen) atoms. The van der Waals surface area contributed by atoms with Gasteiger partial charge in [0.25, 0.3) is 0 Å². The molecule has 146 valence electrons. The van der Waals surface area contributed by atoms with Gasteiger partial charge >= 0.3 is 0 Å². The molecule has 5 heteroatoms. The number of carbonyl (C=O) groups excluding carboxylic acids is 2. The van der Waals surface area contributed by atoms with E-state index in [-0.39, 0.29) is 17.2 Å². The number of unbranched alkanes of at least 4 members (excludes halogenated alkanes) is 1. The number of aryl methyl sites for hydroxylation is 2. The molecule has 2 amide bonds. The smallest absolute Gasteiger partial charge is 0.238 e. The van der Waals surface area contributed by atoms with Crippen LogP contribution in [0.2, 0.25) is 0 Å². The van der Waals surface area contributed by atoms with E-state index in [9.17, 15) is 9.59 Å². The molecule has 2 aliphatic rings.